The first kappa shape index (κ1) is 32.2. The van der Waals surface area contributed by atoms with Gasteiger partial charge in [-0.1, -0.05) is 43.6 Å². The second-order valence-electron chi connectivity index (χ2n) is 14.5. The number of nitrogens with zero attached hydrogens (tertiary/aromatic N) is 5. The number of carbonyl (C=O) groups is 1. The number of fused-ring (bicyclic) bond motifs is 2. The Kier molecular flexibility index (Phi) is 8.49. The van der Waals surface area contributed by atoms with E-state index in [-0.39, 0.29) is 5.41 Å². The third-order valence-electron chi connectivity index (χ3n) is 9.32. The largest absolute Gasteiger partial charge is 0.479 e. The summed E-state index contributed by atoms with van der Waals surface area (Å²) < 4.78 is 6.26. The number of hydrogen-bond acceptors (Lipinski definition) is 7. The molecule has 0 radical (unpaired) electrons. The highest BCUT2D eigenvalue weighted by Crippen LogP contribution is 2.45. The van der Waals surface area contributed by atoms with Crippen molar-refractivity contribution in [3.63, 3.8) is 0 Å². The number of aryl methyl sites for hydroxylation is 2. The van der Waals surface area contributed by atoms with Crippen molar-refractivity contribution in [3.8, 4) is 11.1 Å². The number of carboxylic acids is 1. The lowest BCUT2D eigenvalue weighted by molar-refractivity contribution is -0.160. The number of rotatable bonds is 6. The topological polar surface area (TPSA) is 91.7 Å². The zero-order chi connectivity index (χ0) is 33.0. The number of piperidine rings is 1. The third kappa shape index (κ3) is 6.42. The second-order valence-corrected chi connectivity index (χ2v) is 14.9. The zero-order valence-corrected chi connectivity index (χ0v) is 28.7. The van der Waals surface area contributed by atoms with Crippen LogP contribution in [0.4, 0.5) is 11.5 Å². The van der Waals surface area contributed by atoms with Crippen LogP contribution in [0.2, 0.25) is 5.02 Å². The van der Waals surface area contributed by atoms with Crippen LogP contribution in [-0.2, 0) is 22.5 Å². The number of benzene rings is 1. The van der Waals surface area contributed by atoms with Gasteiger partial charge in [-0.2, -0.15) is 0 Å². The van der Waals surface area contributed by atoms with Crippen molar-refractivity contribution >= 4 is 40.1 Å². The van der Waals surface area contributed by atoms with Crippen LogP contribution < -0.4 is 9.80 Å². The fourth-order valence-corrected chi connectivity index (χ4v) is 7.07. The Morgan fingerprint density at radius 2 is 1.74 bits per heavy atom. The summed E-state index contributed by atoms with van der Waals surface area (Å²) in [6.07, 6.45) is 3.48. The fraction of sp³-hybridized carbons (Fsp3) is 0.459. The van der Waals surface area contributed by atoms with E-state index < -0.39 is 17.7 Å². The van der Waals surface area contributed by atoms with E-state index in [2.05, 4.69) is 46.8 Å². The summed E-state index contributed by atoms with van der Waals surface area (Å²) in [6, 6.07) is 12.4. The summed E-state index contributed by atoms with van der Waals surface area (Å²) in [4.78, 5) is 31.7. The number of hydrogen-bond donors (Lipinski definition) is 1. The summed E-state index contributed by atoms with van der Waals surface area (Å²) in [6.45, 7) is 17.4. The van der Waals surface area contributed by atoms with Gasteiger partial charge in [0, 0.05) is 66.3 Å². The van der Waals surface area contributed by atoms with Crippen LogP contribution in [0.1, 0.15) is 81.6 Å². The molecule has 1 atom stereocenters. The number of pyridine rings is 3. The van der Waals surface area contributed by atoms with E-state index in [4.69, 9.17) is 26.3 Å². The molecular formula is C37H44ClN5O3. The maximum atomic E-state index is 12.8. The molecular weight excluding hydrogens is 598 g/mol. The molecule has 1 unspecified atom stereocenters. The Bertz CT molecular complexity index is 1810. The van der Waals surface area contributed by atoms with E-state index in [0.29, 0.717) is 28.5 Å². The molecule has 6 rings (SSSR count). The van der Waals surface area contributed by atoms with Crippen molar-refractivity contribution in [3.05, 3.63) is 75.7 Å². The first-order valence-corrected chi connectivity index (χ1v) is 16.5. The first-order chi connectivity index (χ1) is 21.7. The Morgan fingerprint density at radius 3 is 2.43 bits per heavy atom. The van der Waals surface area contributed by atoms with Gasteiger partial charge in [-0.3, -0.25) is 4.98 Å². The van der Waals surface area contributed by atoms with Crippen molar-refractivity contribution < 1.29 is 14.6 Å². The summed E-state index contributed by atoms with van der Waals surface area (Å²) in [5, 5.41) is 12.0. The quantitative estimate of drug-likeness (QED) is 0.226. The predicted octanol–water partition coefficient (Wildman–Crippen LogP) is 8.09. The molecule has 0 amide bonds. The highest BCUT2D eigenvalue weighted by molar-refractivity contribution is 6.35. The zero-order valence-electron chi connectivity index (χ0n) is 27.9. The second kappa shape index (κ2) is 12.1. The fourth-order valence-electron chi connectivity index (χ4n) is 6.83. The van der Waals surface area contributed by atoms with Gasteiger partial charge in [-0.25, -0.2) is 14.8 Å². The molecule has 1 fully saturated rings. The Morgan fingerprint density at radius 1 is 1.00 bits per heavy atom. The highest BCUT2D eigenvalue weighted by atomic mass is 35.5. The van der Waals surface area contributed by atoms with Gasteiger partial charge in [-0.05, 0) is 88.1 Å². The number of aliphatic carboxylic acids is 1. The van der Waals surface area contributed by atoms with Gasteiger partial charge in [-0.15, -0.1) is 0 Å². The molecule has 4 aromatic rings. The average Bonchev–Trinajstić information content (AvgIpc) is 2.99. The van der Waals surface area contributed by atoms with Crippen molar-refractivity contribution in [1.29, 1.82) is 0 Å². The molecule has 46 heavy (non-hydrogen) atoms. The molecule has 1 aromatic carbocycles. The number of carboxylic acid groups (broad SMARTS) is 1. The van der Waals surface area contributed by atoms with E-state index in [0.717, 1.165) is 72.6 Å². The Labute approximate surface area is 276 Å². The monoisotopic (exact) mass is 641 g/mol. The van der Waals surface area contributed by atoms with Crippen LogP contribution in [0, 0.1) is 19.3 Å². The van der Waals surface area contributed by atoms with Crippen LogP contribution in [0.5, 0.6) is 0 Å². The molecule has 1 N–H and O–H groups in total. The normalized spacial score (nSPS) is 17.2. The standard InChI is InChI=1S/C37H44ClN5O3/c1-22-30(32(42-17-13-37(6,7)14-18-42)31(23(2)40-22)33(35(44)45)46-36(3,4)5)25-10-11-26-21-43(16-12-24(26)19-25)29-20-28(38)27-9-8-15-39-34(27)41-29/h8-11,15,19-20,33H,12-14,16-18,21H2,1-7H3,(H,44,45). The lowest BCUT2D eigenvalue weighted by Gasteiger charge is -2.41. The van der Waals surface area contributed by atoms with E-state index in [1.165, 1.54) is 11.1 Å². The molecule has 2 aliphatic heterocycles. The number of ether oxygens (including phenoxy) is 1. The molecule has 8 nitrogen and oxygen atoms in total. The molecule has 9 heteroatoms. The van der Waals surface area contributed by atoms with Crippen LogP contribution in [0.3, 0.4) is 0 Å². The number of aromatic nitrogens is 3. The van der Waals surface area contributed by atoms with Crippen LogP contribution in [-0.4, -0.2) is 51.3 Å². The first-order valence-electron chi connectivity index (χ1n) is 16.2. The SMILES string of the molecule is Cc1nc(C)c(C(OC(C)(C)C)C(=O)O)c(N2CCC(C)(C)CC2)c1-c1ccc2c(c1)CCN(c1cc(Cl)c3cccnc3n1)C2. The maximum Gasteiger partial charge on any atom is 0.337 e. The van der Waals surface area contributed by atoms with Crippen molar-refractivity contribution in [2.75, 3.05) is 29.4 Å². The minimum absolute atomic E-state index is 0.236. The van der Waals surface area contributed by atoms with Crippen molar-refractivity contribution in [1.82, 2.24) is 15.0 Å². The van der Waals surface area contributed by atoms with Gasteiger partial charge in [0.15, 0.2) is 11.8 Å². The lowest BCUT2D eigenvalue weighted by atomic mass is 9.81. The lowest BCUT2D eigenvalue weighted by Crippen LogP contribution is -2.39. The van der Waals surface area contributed by atoms with Crippen LogP contribution >= 0.6 is 11.6 Å². The Balaban J connectivity index is 1.42. The maximum absolute atomic E-state index is 12.8. The van der Waals surface area contributed by atoms with Crippen LogP contribution in [0.25, 0.3) is 22.2 Å². The Hall–Kier alpha value is -3.75. The number of halogens is 1. The van der Waals surface area contributed by atoms with Gasteiger partial charge in [0.1, 0.15) is 5.82 Å². The molecule has 1 saturated heterocycles. The van der Waals surface area contributed by atoms with E-state index in [1.54, 1.807) is 6.20 Å². The van der Waals surface area contributed by atoms with Crippen LogP contribution in [0.15, 0.2) is 42.6 Å². The molecule has 242 valence electrons. The summed E-state index contributed by atoms with van der Waals surface area (Å²) >= 11 is 6.62. The molecule has 0 saturated carbocycles. The van der Waals surface area contributed by atoms with E-state index in [9.17, 15) is 9.90 Å². The summed E-state index contributed by atoms with van der Waals surface area (Å²) in [7, 11) is 0. The van der Waals surface area contributed by atoms with Gasteiger partial charge in [0.05, 0.1) is 16.3 Å². The van der Waals surface area contributed by atoms with Crippen molar-refractivity contribution in [2.24, 2.45) is 5.41 Å². The summed E-state index contributed by atoms with van der Waals surface area (Å²) in [5.41, 5.74) is 7.95. The smallest absolute Gasteiger partial charge is 0.337 e. The average molecular weight is 642 g/mol. The van der Waals surface area contributed by atoms with Crippen molar-refractivity contribution in [2.45, 2.75) is 86.0 Å². The van der Waals surface area contributed by atoms with Gasteiger partial charge >= 0.3 is 5.97 Å². The number of anilines is 2. The summed E-state index contributed by atoms with van der Waals surface area (Å²) in [5.74, 6) is -0.181. The molecule has 0 bridgehead atoms. The van der Waals surface area contributed by atoms with Gasteiger partial charge in [0.25, 0.3) is 0 Å². The van der Waals surface area contributed by atoms with Gasteiger partial charge < -0.3 is 19.6 Å². The molecule has 0 aliphatic carbocycles. The van der Waals surface area contributed by atoms with Gasteiger partial charge in [0.2, 0.25) is 0 Å². The molecule has 0 spiro atoms. The molecule has 5 heterocycles. The molecule has 3 aromatic heterocycles. The van der Waals surface area contributed by atoms with E-state index in [1.807, 2.05) is 52.8 Å². The highest BCUT2D eigenvalue weighted by Gasteiger charge is 2.36. The third-order valence-corrected chi connectivity index (χ3v) is 9.63. The minimum Gasteiger partial charge on any atom is -0.479 e. The predicted molar refractivity (Wildman–Crippen MR) is 185 cm³/mol. The molecule has 2 aliphatic rings. The minimum atomic E-state index is -1.14. The van der Waals surface area contributed by atoms with E-state index >= 15 is 0 Å².